The Kier molecular flexibility index (Phi) is 3.20. The second-order valence-electron chi connectivity index (χ2n) is 3.75. The van der Waals surface area contributed by atoms with E-state index in [1.807, 2.05) is 31.2 Å². The Labute approximate surface area is 99.9 Å². The van der Waals surface area contributed by atoms with Crippen LogP contribution in [0, 0.1) is 6.92 Å². The van der Waals surface area contributed by atoms with Crippen LogP contribution in [0.4, 0.5) is 17.3 Å². The third kappa shape index (κ3) is 2.70. The van der Waals surface area contributed by atoms with Gasteiger partial charge in [-0.1, -0.05) is 12.1 Å². The van der Waals surface area contributed by atoms with Crippen LogP contribution in [0.15, 0.2) is 30.5 Å². The molecule has 0 atom stereocenters. The van der Waals surface area contributed by atoms with E-state index in [1.165, 1.54) is 0 Å². The van der Waals surface area contributed by atoms with Gasteiger partial charge < -0.3 is 16.8 Å². The maximum absolute atomic E-state index is 5.54. The molecule has 0 amide bonds. The van der Waals surface area contributed by atoms with Crippen LogP contribution < -0.4 is 16.8 Å². The molecule has 0 fully saturated rings. The molecule has 0 radical (unpaired) electrons. The highest BCUT2D eigenvalue weighted by molar-refractivity contribution is 5.61. The quantitative estimate of drug-likeness (QED) is 0.743. The second kappa shape index (κ2) is 4.80. The summed E-state index contributed by atoms with van der Waals surface area (Å²) in [4.78, 5) is 8.04. The zero-order chi connectivity index (χ0) is 12.3. The van der Waals surface area contributed by atoms with E-state index < -0.39 is 0 Å². The first kappa shape index (κ1) is 11.3. The van der Waals surface area contributed by atoms with Crippen LogP contribution in [0.2, 0.25) is 0 Å². The molecule has 2 rings (SSSR count). The summed E-state index contributed by atoms with van der Waals surface area (Å²) in [7, 11) is 0. The van der Waals surface area contributed by atoms with E-state index in [0.29, 0.717) is 6.54 Å². The highest BCUT2D eigenvalue weighted by Crippen LogP contribution is 2.19. The summed E-state index contributed by atoms with van der Waals surface area (Å²) in [6.07, 6.45) is 1.68. The lowest BCUT2D eigenvalue weighted by atomic mass is 10.2. The molecular formula is C12H15N5. The molecule has 2 aromatic rings. The van der Waals surface area contributed by atoms with E-state index in [4.69, 9.17) is 11.5 Å². The normalized spacial score (nSPS) is 10.2. The number of nitrogen functional groups attached to an aromatic ring is 1. The SMILES string of the molecule is Cc1nc(N)ncc1Nc1ccc(CN)cc1. The Bertz CT molecular complexity index is 507. The zero-order valence-electron chi connectivity index (χ0n) is 9.64. The van der Waals surface area contributed by atoms with Crippen LogP contribution in [-0.2, 0) is 6.54 Å². The molecule has 5 N–H and O–H groups in total. The van der Waals surface area contributed by atoms with Crippen molar-refractivity contribution in [2.45, 2.75) is 13.5 Å². The van der Waals surface area contributed by atoms with Crippen LogP contribution in [0.3, 0.4) is 0 Å². The zero-order valence-corrected chi connectivity index (χ0v) is 9.64. The van der Waals surface area contributed by atoms with E-state index in [1.54, 1.807) is 6.20 Å². The summed E-state index contributed by atoms with van der Waals surface area (Å²) < 4.78 is 0. The molecule has 0 spiro atoms. The largest absolute Gasteiger partial charge is 0.368 e. The Morgan fingerprint density at radius 2 is 1.94 bits per heavy atom. The van der Waals surface area contributed by atoms with E-state index in [-0.39, 0.29) is 5.95 Å². The van der Waals surface area contributed by atoms with Crippen molar-refractivity contribution in [3.63, 3.8) is 0 Å². The predicted molar refractivity (Wildman–Crippen MR) is 68.8 cm³/mol. The molecular weight excluding hydrogens is 214 g/mol. The summed E-state index contributed by atoms with van der Waals surface area (Å²) >= 11 is 0. The fourth-order valence-corrected chi connectivity index (χ4v) is 1.49. The molecule has 0 aliphatic carbocycles. The maximum atomic E-state index is 5.54. The summed E-state index contributed by atoms with van der Waals surface area (Å²) in [6, 6.07) is 7.90. The predicted octanol–water partition coefficient (Wildman–Crippen LogP) is 1.57. The van der Waals surface area contributed by atoms with Gasteiger partial charge in [0.25, 0.3) is 0 Å². The molecule has 5 heteroatoms. The van der Waals surface area contributed by atoms with E-state index >= 15 is 0 Å². The molecule has 0 saturated carbocycles. The average Bonchev–Trinajstić information content (AvgIpc) is 2.34. The first-order valence-electron chi connectivity index (χ1n) is 5.34. The van der Waals surface area contributed by atoms with Crippen LogP contribution in [0.25, 0.3) is 0 Å². The number of benzene rings is 1. The van der Waals surface area contributed by atoms with Crippen molar-refractivity contribution in [1.29, 1.82) is 0 Å². The molecule has 1 heterocycles. The molecule has 0 aliphatic rings. The lowest BCUT2D eigenvalue weighted by Gasteiger charge is -2.09. The fraction of sp³-hybridized carbons (Fsp3) is 0.167. The third-order valence-electron chi connectivity index (χ3n) is 2.47. The molecule has 0 saturated heterocycles. The Morgan fingerprint density at radius 1 is 1.24 bits per heavy atom. The number of nitrogens with two attached hydrogens (primary N) is 2. The number of aryl methyl sites for hydroxylation is 1. The molecule has 0 unspecified atom stereocenters. The topological polar surface area (TPSA) is 89.8 Å². The van der Waals surface area contributed by atoms with Gasteiger partial charge in [0.05, 0.1) is 17.6 Å². The lowest BCUT2D eigenvalue weighted by Crippen LogP contribution is -2.01. The standard InChI is InChI=1S/C12H15N5/c1-8-11(7-15-12(14)16-8)17-10-4-2-9(6-13)3-5-10/h2-5,7,17H,6,13H2,1H3,(H2,14,15,16). The first-order valence-corrected chi connectivity index (χ1v) is 5.34. The van der Waals surface area contributed by atoms with Gasteiger partial charge in [-0.3, -0.25) is 0 Å². The first-order chi connectivity index (χ1) is 8.19. The minimum Gasteiger partial charge on any atom is -0.368 e. The summed E-state index contributed by atoms with van der Waals surface area (Å²) in [5.74, 6) is 0.284. The third-order valence-corrected chi connectivity index (χ3v) is 2.47. The minimum absolute atomic E-state index is 0.284. The van der Waals surface area contributed by atoms with Crippen LogP contribution in [0.5, 0.6) is 0 Å². The van der Waals surface area contributed by atoms with Gasteiger partial charge in [0.1, 0.15) is 0 Å². The molecule has 1 aromatic heterocycles. The smallest absolute Gasteiger partial charge is 0.220 e. The van der Waals surface area contributed by atoms with Gasteiger partial charge >= 0.3 is 0 Å². The Hall–Kier alpha value is -2.14. The molecule has 1 aromatic carbocycles. The van der Waals surface area contributed by atoms with Crippen molar-refractivity contribution < 1.29 is 0 Å². The lowest BCUT2D eigenvalue weighted by molar-refractivity contribution is 1.07. The fourth-order valence-electron chi connectivity index (χ4n) is 1.49. The molecule has 0 bridgehead atoms. The van der Waals surface area contributed by atoms with Crippen molar-refractivity contribution in [2.24, 2.45) is 5.73 Å². The summed E-state index contributed by atoms with van der Waals surface area (Å²) in [6.45, 7) is 2.43. The molecule has 0 aliphatic heterocycles. The number of nitrogens with one attached hydrogen (secondary N) is 1. The van der Waals surface area contributed by atoms with Crippen molar-refractivity contribution >= 4 is 17.3 Å². The number of hydrogen-bond donors (Lipinski definition) is 3. The summed E-state index contributed by atoms with van der Waals surface area (Å²) in [5.41, 5.74) is 14.8. The Balaban J connectivity index is 2.19. The van der Waals surface area contributed by atoms with Gasteiger partial charge in [-0.05, 0) is 24.6 Å². The maximum Gasteiger partial charge on any atom is 0.220 e. The Morgan fingerprint density at radius 3 is 2.53 bits per heavy atom. The minimum atomic E-state index is 0.284. The van der Waals surface area contributed by atoms with E-state index in [2.05, 4.69) is 15.3 Å². The summed E-state index contributed by atoms with van der Waals surface area (Å²) in [5, 5.41) is 3.23. The average molecular weight is 229 g/mol. The number of rotatable bonds is 3. The number of aromatic nitrogens is 2. The highest BCUT2D eigenvalue weighted by atomic mass is 15.0. The molecule has 5 nitrogen and oxygen atoms in total. The highest BCUT2D eigenvalue weighted by Gasteiger charge is 2.01. The van der Waals surface area contributed by atoms with Crippen LogP contribution >= 0.6 is 0 Å². The second-order valence-corrected chi connectivity index (χ2v) is 3.75. The monoisotopic (exact) mass is 229 g/mol. The van der Waals surface area contributed by atoms with Gasteiger partial charge in [-0.2, -0.15) is 0 Å². The molecule has 17 heavy (non-hydrogen) atoms. The van der Waals surface area contributed by atoms with E-state index in [9.17, 15) is 0 Å². The van der Waals surface area contributed by atoms with Crippen molar-refractivity contribution in [1.82, 2.24) is 9.97 Å². The van der Waals surface area contributed by atoms with Gasteiger partial charge in [0.15, 0.2) is 0 Å². The van der Waals surface area contributed by atoms with Gasteiger partial charge in [-0.25, -0.2) is 9.97 Å². The van der Waals surface area contributed by atoms with Gasteiger partial charge in [-0.15, -0.1) is 0 Å². The van der Waals surface area contributed by atoms with Crippen molar-refractivity contribution in [3.8, 4) is 0 Å². The van der Waals surface area contributed by atoms with Crippen LogP contribution in [-0.4, -0.2) is 9.97 Å². The number of hydrogen-bond acceptors (Lipinski definition) is 5. The van der Waals surface area contributed by atoms with Gasteiger partial charge in [0.2, 0.25) is 5.95 Å². The van der Waals surface area contributed by atoms with Crippen LogP contribution in [0.1, 0.15) is 11.3 Å². The number of anilines is 3. The van der Waals surface area contributed by atoms with Crippen molar-refractivity contribution in [3.05, 3.63) is 41.7 Å². The van der Waals surface area contributed by atoms with Gasteiger partial charge in [0, 0.05) is 12.2 Å². The van der Waals surface area contributed by atoms with E-state index in [0.717, 1.165) is 22.6 Å². The molecule has 88 valence electrons. The van der Waals surface area contributed by atoms with Crippen molar-refractivity contribution in [2.75, 3.05) is 11.1 Å². The number of nitrogens with zero attached hydrogens (tertiary/aromatic N) is 2.